The first-order chi connectivity index (χ1) is 7.58. The van der Waals surface area contributed by atoms with Crippen molar-refractivity contribution in [3.05, 3.63) is 35.0 Å². The summed E-state index contributed by atoms with van der Waals surface area (Å²) in [5.74, 6) is 1.37. The lowest BCUT2D eigenvalue weighted by atomic mass is 10.0. The maximum Gasteiger partial charge on any atom is 0.152 e. The molecule has 0 saturated carbocycles. The zero-order valence-electron chi connectivity index (χ0n) is 9.53. The minimum Gasteiger partial charge on any atom is -0.458 e. The molecule has 0 amide bonds. The van der Waals surface area contributed by atoms with E-state index in [0.29, 0.717) is 10.9 Å². The van der Waals surface area contributed by atoms with Crippen LogP contribution < -0.4 is 5.73 Å². The van der Waals surface area contributed by atoms with Crippen LogP contribution in [0.3, 0.4) is 0 Å². The second-order valence-electron chi connectivity index (χ2n) is 4.54. The van der Waals surface area contributed by atoms with E-state index in [4.69, 9.17) is 21.8 Å². The normalized spacial score (nSPS) is 13.6. The highest BCUT2D eigenvalue weighted by Crippen LogP contribution is 2.30. The number of rotatable bonds is 3. The minimum atomic E-state index is -0.0523. The average Bonchev–Trinajstić information content (AvgIpc) is 2.61. The van der Waals surface area contributed by atoms with Gasteiger partial charge in [0.25, 0.3) is 0 Å². The fraction of sp³-hybridized carbons (Fsp3) is 0.385. The fourth-order valence-electron chi connectivity index (χ4n) is 1.85. The number of hydrogen-bond acceptors (Lipinski definition) is 2. The molecular formula is C13H16ClNO. The molecule has 0 bridgehead atoms. The van der Waals surface area contributed by atoms with E-state index >= 15 is 0 Å². The first-order valence-corrected chi connectivity index (χ1v) is 5.89. The summed E-state index contributed by atoms with van der Waals surface area (Å²) < 4.78 is 5.70. The molecule has 0 aliphatic rings. The molecule has 0 aliphatic carbocycles. The number of furan rings is 1. The highest BCUT2D eigenvalue weighted by molar-refractivity contribution is 6.34. The van der Waals surface area contributed by atoms with Gasteiger partial charge in [-0.15, -0.1) is 0 Å². The molecule has 86 valence electrons. The Morgan fingerprint density at radius 1 is 1.38 bits per heavy atom. The van der Waals surface area contributed by atoms with Crippen molar-refractivity contribution in [2.75, 3.05) is 0 Å². The highest BCUT2D eigenvalue weighted by atomic mass is 35.5. The molecule has 1 aromatic heterocycles. The summed E-state index contributed by atoms with van der Waals surface area (Å²) in [5.41, 5.74) is 6.81. The van der Waals surface area contributed by atoms with Crippen molar-refractivity contribution in [2.24, 2.45) is 11.7 Å². The summed E-state index contributed by atoms with van der Waals surface area (Å²) in [6.07, 6.45) is 0.914. The Bertz CT molecular complexity index is 490. The quantitative estimate of drug-likeness (QED) is 0.872. The van der Waals surface area contributed by atoms with E-state index < -0.39 is 0 Å². The largest absolute Gasteiger partial charge is 0.458 e. The van der Waals surface area contributed by atoms with E-state index in [2.05, 4.69) is 13.8 Å². The van der Waals surface area contributed by atoms with Gasteiger partial charge in [0, 0.05) is 5.39 Å². The van der Waals surface area contributed by atoms with Crippen molar-refractivity contribution in [1.29, 1.82) is 0 Å². The molecule has 0 spiro atoms. The Labute approximate surface area is 100 Å². The maximum atomic E-state index is 6.07. The minimum absolute atomic E-state index is 0.0523. The SMILES string of the molecule is CC(C)CC(N)c1cc2cccc(Cl)c2o1. The third kappa shape index (κ3) is 2.23. The summed E-state index contributed by atoms with van der Waals surface area (Å²) in [6.45, 7) is 4.30. The molecular weight excluding hydrogens is 222 g/mol. The monoisotopic (exact) mass is 237 g/mol. The van der Waals surface area contributed by atoms with Gasteiger partial charge in [-0.3, -0.25) is 0 Å². The number of halogens is 1. The first kappa shape index (κ1) is 11.5. The second-order valence-corrected chi connectivity index (χ2v) is 4.95. The first-order valence-electron chi connectivity index (χ1n) is 5.51. The Morgan fingerprint density at radius 2 is 2.12 bits per heavy atom. The molecule has 1 heterocycles. The van der Waals surface area contributed by atoms with Crippen molar-refractivity contribution in [3.63, 3.8) is 0 Å². The van der Waals surface area contributed by atoms with E-state index in [-0.39, 0.29) is 6.04 Å². The molecule has 3 heteroatoms. The van der Waals surface area contributed by atoms with Gasteiger partial charge in [-0.1, -0.05) is 37.6 Å². The molecule has 0 aliphatic heterocycles. The van der Waals surface area contributed by atoms with Gasteiger partial charge >= 0.3 is 0 Å². The van der Waals surface area contributed by atoms with Crippen LogP contribution in [0.25, 0.3) is 11.0 Å². The molecule has 1 aromatic carbocycles. The topological polar surface area (TPSA) is 39.2 Å². The van der Waals surface area contributed by atoms with Crippen LogP contribution in [0.1, 0.15) is 32.1 Å². The Morgan fingerprint density at radius 3 is 2.75 bits per heavy atom. The fourth-order valence-corrected chi connectivity index (χ4v) is 2.07. The molecule has 2 nitrogen and oxygen atoms in total. The van der Waals surface area contributed by atoms with Gasteiger partial charge in [0.05, 0.1) is 11.1 Å². The molecule has 2 N–H and O–H groups in total. The van der Waals surface area contributed by atoms with Crippen molar-refractivity contribution in [3.8, 4) is 0 Å². The van der Waals surface area contributed by atoms with Crippen LogP contribution in [-0.2, 0) is 0 Å². The number of benzene rings is 1. The van der Waals surface area contributed by atoms with Gasteiger partial charge < -0.3 is 10.2 Å². The van der Waals surface area contributed by atoms with Crippen LogP contribution in [0.4, 0.5) is 0 Å². The molecule has 0 radical (unpaired) electrons. The predicted molar refractivity (Wildman–Crippen MR) is 67.6 cm³/mol. The average molecular weight is 238 g/mol. The van der Waals surface area contributed by atoms with E-state index in [1.165, 1.54) is 0 Å². The smallest absolute Gasteiger partial charge is 0.152 e. The third-order valence-corrected chi connectivity index (χ3v) is 2.90. The van der Waals surface area contributed by atoms with Crippen LogP contribution in [0.2, 0.25) is 5.02 Å². The summed E-state index contributed by atoms with van der Waals surface area (Å²) in [5, 5.41) is 1.65. The lowest BCUT2D eigenvalue weighted by Gasteiger charge is -2.10. The van der Waals surface area contributed by atoms with Crippen molar-refractivity contribution in [2.45, 2.75) is 26.3 Å². The molecule has 2 aromatic rings. The van der Waals surface area contributed by atoms with E-state index in [1.807, 2.05) is 24.3 Å². The van der Waals surface area contributed by atoms with Crippen LogP contribution >= 0.6 is 11.6 Å². The summed E-state index contributed by atoms with van der Waals surface area (Å²) in [6, 6.07) is 7.65. The van der Waals surface area contributed by atoms with Crippen LogP contribution in [0, 0.1) is 5.92 Å². The zero-order valence-corrected chi connectivity index (χ0v) is 10.3. The number of nitrogens with two attached hydrogens (primary N) is 1. The Kier molecular flexibility index (Phi) is 3.22. The lowest BCUT2D eigenvalue weighted by molar-refractivity contribution is 0.431. The van der Waals surface area contributed by atoms with E-state index in [0.717, 1.165) is 23.2 Å². The van der Waals surface area contributed by atoms with Crippen molar-refractivity contribution in [1.82, 2.24) is 0 Å². The van der Waals surface area contributed by atoms with Gasteiger partial charge in [0.1, 0.15) is 5.76 Å². The summed E-state index contributed by atoms with van der Waals surface area (Å²) >= 11 is 6.05. The van der Waals surface area contributed by atoms with Gasteiger partial charge in [-0.05, 0) is 24.5 Å². The Hall–Kier alpha value is -0.990. The Balaban J connectivity index is 2.36. The van der Waals surface area contributed by atoms with Gasteiger partial charge in [0.2, 0.25) is 0 Å². The highest BCUT2D eigenvalue weighted by Gasteiger charge is 2.14. The summed E-state index contributed by atoms with van der Waals surface area (Å²) in [4.78, 5) is 0. The van der Waals surface area contributed by atoms with Crippen molar-refractivity contribution >= 4 is 22.6 Å². The van der Waals surface area contributed by atoms with Crippen LogP contribution in [0.5, 0.6) is 0 Å². The number of hydrogen-bond donors (Lipinski definition) is 1. The van der Waals surface area contributed by atoms with Crippen molar-refractivity contribution < 1.29 is 4.42 Å². The summed E-state index contributed by atoms with van der Waals surface area (Å²) in [7, 11) is 0. The second kappa shape index (κ2) is 4.48. The van der Waals surface area contributed by atoms with Crippen LogP contribution in [0.15, 0.2) is 28.7 Å². The third-order valence-electron chi connectivity index (χ3n) is 2.61. The predicted octanol–water partition coefficient (Wildman–Crippen LogP) is 4.13. The van der Waals surface area contributed by atoms with Gasteiger partial charge in [-0.2, -0.15) is 0 Å². The molecule has 1 unspecified atom stereocenters. The maximum absolute atomic E-state index is 6.07. The van der Waals surface area contributed by atoms with Crippen LogP contribution in [-0.4, -0.2) is 0 Å². The number of para-hydroxylation sites is 1. The van der Waals surface area contributed by atoms with Gasteiger partial charge in [-0.25, -0.2) is 0 Å². The number of fused-ring (bicyclic) bond motifs is 1. The molecule has 16 heavy (non-hydrogen) atoms. The van der Waals surface area contributed by atoms with E-state index in [1.54, 1.807) is 0 Å². The van der Waals surface area contributed by atoms with Gasteiger partial charge in [0.15, 0.2) is 5.58 Å². The molecule has 0 fully saturated rings. The van der Waals surface area contributed by atoms with E-state index in [9.17, 15) is 0 Å². The lowest BCUT2D eigenvalue weighted by Crippen LogP contribution is -2.11. The standard InChI is InChI=1S/C13H16ClNO/c1-8(2)6-11(15)12-7-9-4-3-5-10(14)13(9)16-12/h3-5,7-8,11H,6,15H2,1-2H3. The molecule has 0 saturated heterocycles. The zero-order chi connectivity index (χ0) is 11.7. The molecule has 1 atom stereocenters. The molecule has 2 rings (SSSR count).